The van der Waals surface area contributed by atoms with Gasteiger partial charge in [0, 0.05) is 0 Å². The molecule has 1 saturated carbocycles. The Morgan fingerprint density at radius 1 is 1.27 bits per heavy atom. The lowest BCUT2D eigenvalue weighted by molar-refractivity contribution is 0.0920. The SMILES string of the molecule is CC(C)[C@@H]1CCCC(F)C1C. The minimum absolute atomic E-state index is 0.295. The van der Waals surface area contributed by atoms with Crippen LogP contribution in [0, 0.1) is 17.8 Å². The van der Waals surface area contributed by atoms with Crippen LogP contribution in [0.25, 0.3) is 0 Å². The zero-order chi connectivity index (χ0) is 8.43. The molecule has 0 radical (unpaired) electrons. The highest BCUT2D eigenvalue weighted by Crippen LogP contribution is 2.36. The van der Waals surface area contributed by atoms with Crippen LogP contribution in [-0.4, -0.2) is 6.17 Å². The van der Waals surface area contributed by atoms with Crippen LogP contribution in [-0.2, 0) is 0 Å². The summed E-state index contributed by atoms with van der Waals surface area (Å²) in [6, 6.07) is 0. The van der Waals surface area contributed by atoms with Crippen LogP contribution in [0.5, 0.6) is 0 Å². The average molecular weight is 158 g/mol. The first-order valence-electron chi connectivity index (χ1n) is 4.77. The van der Waals surface area contributed by atoms with E-state index in [0.29, 0.717) is 17.8 Å². The highest BCUT2D eigenvalue weighted by molar-refractivity contribution is 4.80. The molecule has 0 heterocycles. The van der Waals surface area contributed by atoms with E-state index in [1.165, 1.54) is 6.42 Å². The summed E-state index contributed by atoms with van der Waals surface area (Å²) >= 11 is 0. The predicted molar refractivity (Wildman–Crippen MR) is 46.2 cm³/mol. The molecule has 0 aliphatic heterocycles. The smallest absolute Gasteiger partial charge is 0.103 e. The van der Waals surface area contributed by atoms with Gasteiger partial charge in [-0.2, -0.15) is 0 Å². The summed E-state index contributed by atoms with van der Waals surface area (Å²) in [5.74, 6) is 1.58. The molecule has 2 unspecified atom stereocenters. The standard InChI is InChI=1S/C10H19F/c1-7(2)9-5-4-6-10(11)8(9)3/h7-10H,4-6H2,1-3H3/t8?,9-,10?/m0/s1. The van der Waals surface area contributed by atoms with E-state index < -0.39 is 6.17 Å². The molecule has 0 bridgehead atoms. The van der Waals surface area contributed by atoms with Crippen LogP contribution in [0.1, 0.15) is 40.0 Å². The lowest BCUT2D eigenvalue weighted by Gasteiger charge is -2.34. The van der Waals surface area contributed by atoms with Crippen LogP contribution in [0.4, 0.5) is 4.39 Å². The van der Waals surface area contributed by atoms with E-state index in [1.807, 2.05) is 0 Å². The van der Waals surface area contributed by atoms with Crippen molar-refractivity contribution in [2.75, 3.05) is 0 Å². The maximum absolute atomic E-state index is 13.2. The van der Waals surface area contributed by atoms with Gasteiger partial charge in [0.25, 0.3) is 0 Å². The maximum Gasteiger partial charge on any atom is 0.103 e. The Morgan fingerprint density at radius 2 is 1.91 bits per heavy atom. The quantitative estimate of drug-likeness (QED) is 0.548. The monoisotopic (exact) mass is 158 g/mol. The van der Waals surface area contributed by atoms with Crippen molar-refractivity contribution in [3.8, 4) is 0 Å². The summed E-state index contributed by atoms with van der Waals surface area (Å²) in [6.07, 6.45) is 2.59. The van der Waals surface area contributed by atoms with Crippen molar-refractivity contribution < 1.29 is 4.39 Å². The lowest BCUT2D eigenvalue weighted by atomic mass is 9.73. The van der Waals surface area contributed by atoms with Crippen LogP contribution >= 0.6 is 0 Å². The first kappa shape index (κ1) is 9.02. The molecule has 1 fully saturated rings. The Bertz CT molecular complexity index is 120. The van der Waals surface area contributed by atoms with E-state index in [4.69, 9.17) is 0 Å². The van der Waals surface area contributed by atoms with Gasteiger partial charge in [-0.15, -0.1) is 0 Å². The van der Waals surface area contributed by atoms with Crippen LogP contribution in [0.15, 0.2) is 0 Å². The summed E-state index contributed by atoms with van der Waals surface area (Å²) in [5, 5.41) is 0. The molecule has 66 valence electrons. The van der Waals surface area contributed by atoms with Crippen molar-refractivity contribution in [1.29, 1.82) is 0 Å². The second-order valence-electron chi connectivity index (χ2n) is 4.21. The van der Waals surface area contributed by atoms with Gasteiger partial charge in [-0.1, -0.05) is 27.2 Å². The molecule has 0 saturated heterocycles. The van der Waals surface area contributed by atoms with Crippen molar-refractivity contribution in [3.63, 3.8) is 0 Å². The molecule has 1 aliphatic carbocycles. The molecular weight excluding hydrogens is 139 g/mol. The Hall–Kier alpha value is -0.0700. The fourth-order valence-corrected chi connectivity index (χ4v) is 2.28. The molecule has 0 spiro atoms. The fraction of sp³-hybridized carbons (Fsp3) is 1.00. The summed E-state index contributed by atoms with van der Waals surface area (Å²) < 4.78 is 13.2. The second-order valence-corrected chi connectivity index (χ2v) is 4.21. The molecule has 1 aliphatic rings. The van der Waals surface area contributed by atoms with E-state index in [1.54, 1.807) is 0 Å². The minimum Gasteiger partial charge on any atom is -0.247 e. The summed E-state index contributed by atoms with van der Waals surface area (Å²) in [5.41, 5.74) is 0. The van der Waals surface area contributed by atoms with Crippen molar-refractivity contribution >= 4 is 0 Å². The molecule has 0 nitrogen and oxygen atoms in total. The second kappa shape index (κ2) is 3.55. The number of hydrogen-bond acceptors (Lipinski definition) is 0. The van der Waals surface area contributed by atoms with Crippen LogP contribution < -0.4 is 0 Å². The predicted octanol–water partition coefficient (Wildman–Crippen LogP) is 3.42. The van der Waals surface area contributed by atoms with Gasteiger partial charge in [-0.3, -0.25) is 0 Å². The molecule has 0 aromatic heterocycles. The number of alkyl halides is 1. The zero-order valence-corrected chi connectivity index (χ0v) is 7.81. The Morgan fingerprint density at radius 3 is 2.36 bits per heavy atom. The zero-order valence-electron chi connectivity index (χ0n) is 7.81. The van der Waals surface area contributed by atoms with Crippen LogP contribution in [0.3, 0.4) is 0 Å². The molecule has 0 aromatic carbocycles. The normalized spacial score (nSPS) is 39.5. The van der Waals surface area contributed by atoms with Crippen molar-refractivity contribution in [1.82, 2.24) is 0 Å². The van der Waals surface area contributed by atoms with E-state index in [2.05, 4.69) is 20.8 Å². The summed E-state index contributed by atoms with van der Waals surface area (Å²) in [6.45, 7) is 6.48. The molecule has 0 amide bonds. The average Bonchev–Trinajstić information content (AvgIpc) is 1.94. The molecule has 0 N–H and O–H groups in total. The number of hydrogen-bond donors (Lipinski definition) is 0. The van der Waals surface area contributed by atoms with Gasteiger partial charge in [0.2, 0.25) is 0 Å². The highest BCUT2D eigenvalue weighted by Gasteiger charge is 2.31. The summed E-state index contributed by atoms with van der Waals surface area (Å²) in [7, 11) is 0. The van der Waals surface area contributed by atoms with Crippen LogP contribution in [0.2, 0.25) is 0 Å². The topological polar surface area (TPSA) is 0 Å². The van der Waals surface area contributed by atoms with Gasteiger partial charge in [0.1, 0.15) is 6.17 Å². The largest absolute Gasteiger partial charge is 0.247 e. The molecule has 3 atom stereocenters. The minimum atomic E-state index is -0.531. The third kappa shape index (κ3) is 1.94. The maximum atomic E-state index is 13.2. The van der Waals surface area contributed by atoms with E-state index in [0.717, 1.165) is 12.8 Å². The molecule has 1 heteroatoms. The van der Waals surface area contributed by atoms with Gasteiger partial charge in [-0.05, 0) is 30.6 Å². The van der Waals surface area contributed by atoms with Crippen molar-refractivity contribution in [2.45, 2.75) is 46.2 Å². The Kier molecular flexibility index (Phi) is 2.91. The first-order chi connectivity index (χ1) is 5.13. The van der Waals surface area contributed by atoms with E-state index >= 15 is 0 Å². The number of halogens is 1. The fourth-order valence-electron chi connectivity index (χ4n) is 2.28. The lowest BCUT2D eigenvalue weighted by Crippen LogP contribution is -2.30. The number of rotatable bonds is 1. The van der Waals surface area contributed by atoms with Crippen molar-refractivity contribution in [2.24, 2.45) is 17.8 Å². The van der Waals surface area contributed by atoms with Gasteiger partial charge < -0.3 is 0 Å². The van der Waals surface area contributed by atoms with E-state index in [-0.39, 0.29) is 0 Å². The van der Waals surface area contributed by atoms with Crippen molar-refractivity contribution in [3.05, 3.63) is 0 Å². The molecule has 0 aromatic rings. The molecular formula is C10H19F. The summed E-state index contributed by atoms with van der Waals surface area (Å²) in [4.78, 5) is 0. The van der Waals surface area contributed by atoms with E-state index in [9.17, 15) is 4.39 Å². The first-order valence-corrected chi connectivity index (χ1v) is 4.77. The highest BCUT2D eigenvalue weighted by atomic mass is 19.1. The van der Waals surface area contributed by atoms with Gasteiger partial charge in [0.05, 0.1) is 0 Å². The third-order valence-electron chi connectivity index (χ3n) is 3.12. The molecule has 1 rings (SSSR count). The van der Waals surface area contributed by atoms with Gasteiger partial charge in [0.15, 0.2) is 0 Å². The Balaban J connectivity index is 2.51. The van der Waals surface area contributed by atoms with Gasteiger partial charge in [-0.25, -0.2) is 4.39 Å². The third-order valence-corrected chi connectivity index (χ3v) is 3.12. The van der Waals surface area contributed by atoms with Gasteiger partial charge >= 0.3 is 0 Å². The Labute approximate surface area is 69.2 Å². The molecule has 11 heavy (non-hydrogen) atoms.